The summed E-state index contributed by atoms with van der Waals surface area (Å²) in [5.74, 6) is -1.88. The van der Waals surface area contributed by atoms with E-state index in [9.17, 15) is 18.0 Å². The lowest BCUT2D eigenvalue weighted by molar-refractivity contribution is -0.143. The summed E-state index contributed by atoms with van der Waals surface area (Å²) >= 11 is 0. The largest absolute Gasteiger partial charge is 0.478 e. The van der Waals surface area contributed by atoms with Gasteiger partial charge in [-0.1, -0.05) is 13.0 Å². The van der Waals surface area contributed by atoms with Gasteiger partial charge >= 0.3 is 11.9 Å². The fraction of sp³-hybridized carbons (Fsp3) is 0.385. The Bertz CT molecular complexity index is 625. The SMILES string of the molecule is CCOC(=O)CN(CC)S(=O)(=O)c1cccc(C(=O)O)c1. The lowest BCUT2D eigenvalue weighted by Gasteiger charge is -2.19. The molecule has 0 bridgehead atoms. The Morgan fingerprint density at radius 3 is 2.48 bits per heavy atom. The minimum Gasteiger partial charge on any atom is -0.478 e. The van der Waals surface area contributed by atoms with Crippen LogP contribution in [0.2, 0.25) is 0 Å². The van der Waals surface area contributed by atoms with Crippen molar-refractivity contribution in [3.8, 4) is 0 Å². The molecule has 0 aliphatic rings. The molecule has 0 unspecified atom stereocenters. The molecule has 0 radical (unpaired) electrons. The summed E-state index contributed by atoms with van der Waals surface area (Å²) in [6.45, 7) is 3.02. The number of ether oxygens (including phenoxy) is 1. The third-order valence-electron chi connectivity index (χ3n) is 2.68. The quantitative estimate of drug-likeness (QED) is 0.752. The van der Waals surface area contributed by atoms with Crippen molar-refractivity contribution in [1.82, 2.24) is 4.31 Å². The number of carbonyl (C=O) groups excluding carboxylic acids is 1. The normalized spacial score (nSPS) is 11.4. The maximum atomic E-state index is 12.4. The number of nitrogens with zero attached hydrogens (tertiary/aromatic N) is 1. The Kier molecular flexibility index (Phi) is 5.86. The molecule has 8 heteroatoms. The van der Waals surface area contributed by atoms with Gasteiger partial charge in [-0.05, 0) is 25.1 Å². The smallest absolute Gasteiger partial charge is 0.335 e. The van der Waals surface area contributed by atoms with Gasteiger partial charge in [-0.3, -0.25) is 4.79 Å². The number of esters is 1. The molecule has 21 heavy (non-hydrogen) atoms. The first-order valence-electron chi connectivity index (χ1n) is 6.32. The van der Waals surface area contributed by atoms with Crippen molar-refractivity contribution in [2.24, 2.45) is 0 Å². The second-order valence-corrected chi connectivity index (χ2v) is 6.01. The summed E-state index contributed by atoms with van der Waals surface area (Å²) < 4.78 is 30.5. The lowest BCUT2D eigenvalue weighted by atomic mass is 10.2. The van der Waals surface area contributed by atoms with E-state index in [0.717, 1.165) is 10.4 Å². The Balaban J connectivity index is 3.10. The van der Waals surface area contributed by atoms with Crippen LogP contribution in [-0.4, -0.2) is 49.5 Å². The highest BCUT2D eigenvalue weighted by molar-refractivity contribution is 7.89. The fourth-order valence-electron chi connectivity index (χ4n) is 1.66. The maximum absolute atomic E-state index is 12.4. The zero-order valence-electron chi connectivity index (χ0n) is 11.8. The van der Waals surface area contributed by atoms with Crippen LogP contribution in [0.15, 0.2) is 29.2 Å². The van der Waals surface area contributed by atoms with Gasteiger partial charge in [0.1, 0.15) is 6.54 Å². The first-order valence-corrected chi connectivity index (χ1v) is 7.76. The van der Waals surface area contributed by atoms with Gasteiger partial charge in [-0.2, -0.15) is 4.31 Å². The zero-order chi connectivity index (χ0) is 16.0. The standard InChI is InChI=1S/C13H17NO6S/c1-3-14(9-12(15)20-4-2)21(18,19)11-7-5-6-10(8-11)13(16)17/h5-8H,3-4,9H2,1-2H3,(H,16,17). The van der Waals surface area contributed by atoms with Crippen LogP contribution in [0.5, 0.6) is 0 Å². The van der Waals surface area contributed by atoms with Crippen LogP contribution in [0.1, 0.15) is 24.2 Å². The number of likely N-dealkylation sites (N-methyl/N-ethyl adjacent to an activating group) is 1. The summed E-state index contributed by atoms with van der Waals surface area (Å²) in [5, 5.41) is 8.90. The molecule has 1 N–H and O–H groups in total. The van der Waals surface area contributed by atoms with Gasteiger partial charge in [0.05, 0.1) is 17.1 Å². The minimum absolute atomic E-state index is 0.0679. The summed E-state index contributed by atoms with van der Waals surface area (Å²) in [7, 11) is -3.95. The van der Waals surface area contributed by atoms with Crippen LogP contribution in [0.4, 0.5) is 0 Å². The number of benzene rings is 1. The highest BCUT2D eigenvalue weighted by Crippen LogP contribution is 2.17. The molecular weight excluding hydrogens is 298 g/mol. The molecule has 1 aromatic rings. The number of hydrogen-bond acceptors (Lipinski definition) is 5. The molecule has 0 aliphatic carbocycles. The maximum Gasteiger partial charge on any atom is 0.335 e. The van der Waals surface area contributed by atoms with Crippen molar-refractivity contribution >= 4 is 22.0 Å². The number of aromatic carboxylic acids is 1. The van der Waals surface area contributed by atoms with E-state index in [2.05, 4.69) is 0 Å². The topological polar surface area (TPSA) is 101 Å². The zero-order valence-corrected chi connectivity index (χ0v) is 12.6. The molecule has 0 fully saturated rings. The van der Waals surface area contributed by atoms with Crippen molar-refractivity contribution in [1.29, 1.82) is 0 Å². The van der Waals surface area contributed by atoms with Crippen LogP contribution >= 0.6 is 0 Å². The molecule has 0 heterocycles. The Labute approximate surface area is 123 Å². The van der Waals surface area contributed by atoms with E-state index in [1.54, 1.807) is 13.8 Å². The molecule has 0 aromatic heterocycles. The van der Waals surface area contributed by atoms with Crippen molar-refractivity contribution < 1.29 is 27.9 Å². The van der Waals surface area contributed by atoms with Crippen LogP contribution in [0, 0.1) is 0 Å². The van der Waals surface area contributed by atoms with E-state index in [1.807, 2.05) is 0 Å². The highest BCUT2D eigenvalue weighted by Gasteiger charge is 2.26. The van der Waals surface area contributed by atoms with Crippen LogP contribution < -0.4 is 0 Å². The molecule has 0 saturated carbocycles. The summed E-state index contributed by atoms with van der Waals surface area (Å²) in [4.78, 5) is 22.2. The molecule has 0 atom stereocenters. The predicted octanol–water partition coefficient (Wildman–Crippen LogP) is 0.959. The number of carboxylic acids is 1. The van der Waals surface area contributed by atoms with Gasteiger partial charge in [-0.25, -0.2) is 13.2 Å². The Hall–Kier alpha value is -1.93. The average molecular weight is 315 g/mol. The molecule has 1 rings (SSSR count). The third-order valence-corrected chi connectivity index (χ3v) is 4.60. The predicted molar refractivity (Wildman–Crippen MR) is 74.5 cm³/mol. The van der Waals surface area contributed by atoms with Crippen LogP contribution in [0.25, 0.3) is 0 Å². The van der Waals surface area contributed by atoms with Crippen molar-refractivity contribution in [2.75, 3.05) is 19.7 Å². The van der Waals surface area contributed by atoms with Gasteiger partial charge in [0, 0.05) is 6.54 Å². The summed E-state index contributed by atoms with van der Waals surface area (Å²) in [6.07, 6.45) is 0. The summed E-state index contributed by atoms with van der Waals surface area (Å²) in [6, 6.07) is 4.98. The molecule has 7 nitrogen and oxygen atoms in total. The molecular formula is C13H17NO6S. The fourth-order valence-corrected chi connectivity index (χ4v) is 3.10. The van der Waals surface area contributed by atoms with Crippen molar-refractivity contribution in [3.05, 3.63) is 29.8 Å². The molecule has 1 aromatic carbocycles. The Morgan fingerprint density at radius 2 is 1.95 bits per heavy atom. The minimum atomic E-state index is -3.95. The number of carbonyl (C=O) groups is 2. The number of rotatable bonds is 7. The third kappa shape index (κ3) is 4.27. The van der Waals surface area contributed by atoms with Gasteiger partial charge in [0.15, 0.2) is 0 Å². The monoisotopic (exact) mass is 315 g/mol. The van der Waals surface area contributed by atoms with E-state index < -0.39 is 28.5 Å². The van der Waals surface area contributed by atoms with Crippen molar-refractivity contribution in [2.45, 2.75) is 18.7 Å². The van der Waals surface area contributed by atoms with E-state index in [0.29, 0.717) is 0 Å². The number of carboxylic acid groups (broad SMARTS) is 1. The van der Waals surface area contributed by atoms with Crippen LogP contribution in [-0.2, 0) is 19.6 Å². The molecule has 0 amide bonds. The molecule has 116 valence electrons. The lowest BCUT2D eigenvalue weighted by Crippen LogP contribution is -2.36. The van der Waals surface area contributed by atoms with Gasteiger partial charge in [0.25, 0.3) is 0 Å². The van der Waals surface area contributed by atoms with E-state index in [-0.39, 0.29) is 23.6 Å². The number of hydrogen-bond donors (Lipinski definition) is 1. The van der Waals surface area contributed by atoms with Gasteiger partial charge < -0.3 is 9.84 Å². The highest BCUT2D eigenvalue weighted by atomic mass is 32.2. The van der Waals surface area contributed by atoms with Crippen molar-refractivity contribution in [3.63, 3.8) is 0 Å². The van der Waals surface area contributed by atoms with Crippen LogP contribution in [0.3, 0.4) is 0 Å². The molecule has 0 saturated heterocycles. The van der Waals surface area contributed by atoms with Gasteiger partial charge in [0.2, 0.25) is 10.0 Å². The Morgan fingerprint density at radius 1 is 1.29 bits per heavy atom. The van der Waals surface area contributed by atoms with E-state index >= 15 is 0 Å². The second-order valence-electron chi connectivity index (χ2n) is 4.07. The van der Waals surface area contributed by atoms with E-state index in [1.165, 1.54) is 18.2 Å². The second kappa shape index (κ2) is 7.19. The van der Waals surface area contributed by atoms with E-state index in [4.69, 9.17) is 9.84 Å². The molecule has 0 spiro atoms. The first kappa shape index (κ1) is 17.1. The first-order chi connectivity index (χ1) is 9.82. The summed E-state index contributed by atoms with van der Waals surface area (Å²) in [5.41, 5.74) is -0.136. The van der Waals surface area contributed by atoms with Gasteiger partial charge in [-0.15, -0.1) is 0 Å². The molecule has 0 aliphatic heterocycles. The number of sulfonamides is 1. The average Bonchev–Trinajstić information content (AvgIpc) is 2.45.